The largest absolute Gasteiger partial charge is 0.477 e. The third kappa shape index (κ3) is 3.54. The lowest BCUT2D eigenvalue weighted by Crippen LogP contribution is -2.29. The van der Waals surface area contributed by atoms with Crippen molar-refractivity contribution in [3.05, 3.63) is 57.4 Å². The fraction of sp³-hybridized carbons (Fsp3) is 0.200. The molecule has 0 aliphatic rings. The van der Waals surface area contributed by atoms with E-state index in [0.717, 1.165) is 0 Å². The van der Waals surface area contributed by atoms with Crippen molar-refractivity contribution in [1.29, 1.82) is 0 Å². The van der Waals surface area contributed by atoms with Crippen LogP contribution in [0.15, 0.2) is 30.3 Å². The van der Waals surface area contributed by atoms with Gasteiger partial charge >= 0.3 is 5.69 Å². The Hall–Kier alpha value is -3.16. The van der Waals surface area contributed by atoms with Crippen LogP contribution in [0, 0.1) is 24.0 Å². The van der Waals surface area contributed by atoms with Gasteiger partial charge in [0.15, 0.2) is 18.6 Å². The molecule has 2 aromatic rings. The van der Waals surface area contributed by atoms with Crippen molar-refractivity contribution in [2.45, 2.75) is 13.8 Å². The normalized spacial score (nSPS) is 10.2. The van der Waals surface area contributed by atoms with E-state index < -0.39 is 17.4 Å². The highest BCUT2D eigenvalue weighted by Crippen LogP contribution is 2.25. The summed E-state index contributed by atoms with van der Waals surface area (Å²) >= 11 is 0. The number of ether oxygens (including phenoxy) is 1. The molecule has 0 bridgehead atoms. The predicted octanol–water partition coefficient (Wildman–Crippen LogP) is 1.97. The van der Waals surface area contributed by atoms with Crippen molar-refractivity contribution in [2.75, 3.05) is 12.0 Å². The molecule has 0 spiro atoms. The molecule has 8 nitrogen and oxygen atoms in total. The monoisotopic (exact) mass is 317 g/mol. The summed E-state index contributed by atoms with van der Waals surface area (Å²) in [5.74, 6) is -0.482. The van der Waals surface area contributed by atoms with E-state index in [9.17, 15) is 19.7 Å². The van der Waals surface area contributed by atoms with E-state index in [1.165, 1.54) is 22.9 Å². The van der Waals surface area contributed by atoms with E-state index in [2.05, 4.69) is 5.43 Å². The molecule has 0 saturated carbocycles. The number of amides is 1. The molecule has 0 atom stereocenters. The number of carbonyl (C=O) groups excluding carboxylic acids is 2. The van der Waals surface area contributed by atoms with Crippen molar-refractivity contribution in [3.8, 4) is 5.75 Å². The standard InChI is InChI=1S/C15H15N3O5/c1-10-7-12(8-19)11(2)17(10)16-15(20)9-23-14-6-4-3-5-13(14)18(21)22/h3-8H,9H2,1-2H3,(H,16,20). The van der Waals surface area contributed by atoms with Gasteiger partial charge in [0.05, 0.1) is 4.92 Å². The topological polar surface area (TPSA) is 103 Å². The van der Waals surface area contributed by atoms with Gasteiger partial charge < -0.3 is 4.74 Å². The van der Waals surface area contributed by atoms with Gasteiger partial charge in [0.2, 0.25) is 0 Å². The van der Waals surface area contributed by atoms with Crippen LogP contribution in [0.5, 0.6) is 5.75 Å². The second-order valence-electron chi connectivity index (χ2n) is 4.83. The van der Waals surface area contributed by atoms with E-state index in [-0.39, 0.29) is 11.4 Å². The summed E-state index contributed by atoms with van der Waals surface area (Å²) in [6, 6.07) is 7.45. The average molecular weight is 317 g/mol. The maximum absolute atomic E-state index is 12.0. The Labute approximate surface area is 131 Å². The second kappa shape index (κ2) is 6.73. The van der Waals surface area contributed by atoms with Gasteiger partial charge in [0.25, 0.3) is 5.91 Å². The summed E-state index contributed by atoms with van der Waals surface area (Å²) in [5.41, 5.74) is 4.12. The predicted molar refractivity (Wildman–Crippen MR) is 82.3 cm³/mol. The second-order valence-corrected chi connectivity index (χ2v) is 4.83. The minimum absolute atomic E-state index is 0.0159. The fourth-order valence-corrected chi connectivity index (χ4v) is 2.11. The number of benzene rings is 1. The minimum Gasteiger partial charge on any atom is -0.477 e. The van der Waals surface area contributed by atoms with Gasteiger partial charge in [-0.05, 0) is 26.0 Å². The Bertz CT molecular complexity index is 766. The molecule has 0 saturated heterocycles. The number of aldehydes is 1. The summed E-state index contributed by atoms with van der Waals surface area (Å²) in [5, 5.41) is 10.9. The smallest absolute Gasteiger partial charge is 0.310 e. The van der Waals surface area contributed by atoms with E-state index in [4.69, 9.17) is 4.74 Å². The number of aryl methyl sites for hydroxylation is 1. The van der Waals surface area contributed by atoms with Gasteiger partial charge in [-0.25, -0.2) is 0 Å². The number of rotatable bonds is 6. The molecule has 23 heavy (non-hydrogen) atoms. The number of nitrogens with one attached hydrogen (secondary N) is 1. The molecule has 0 aliphatic carbocycles. The molecule has 1 aromatic heterocycles. The first-order chi connectivity index (χ1) is 10.9. The number of nitrogens with zero attached hydrogens (tertiary/aromatic N) is 2. The third-order valence-electron chi connectivity index (χ3n) is 3.25. The van der Waals surface area contributed by atoms with Crippen LogP contribution < -0.4 is 10.2 Å². The van der Waals surface area contributed by atoms with Crippen LogP contribution in [-0.2, 0) is 4.79 Å². The van der Waals surface area contributed by atoms with Crippen molar-refractivity contribution < 1.29 is 19.2 Å². The Balaban J connectivity index is 2.06. The molecule has 0 unspecified atom stereocenters. The van der Waals surface area contributed by atoms with Crippen molar-refractivity contribution in [2.24, 2.45) is 0 Å². The zero-order chi connectivity index (χ0) is 17.0. The maximum atomic E-state index is 12.0. The Kier molecular flexibility index (Phi) is 4.75. The van der Waals surface area contributed by atoms with Gasteiger partial charge in [-0.15, -0.1) is 0 Å². The first-order valence-electron chi connectivity index (χ1n) is 6.74. The van der Waals surface area contributed by atoms with Crippen LogP contribution in [0.25, 0.3) is 0 Å². The summed E-state index contributed by atoms with van der Waals surface area (Å²) < 4.78 is 6.68. The van der Waals surface area contributed by atoms with Crippen LogP contribution in [0.3, 0.4) is 0 Å². The summed E-state index contributed by atoms with van der Waals surface area (Å²) in [6.07, 6.45) is 0.703. The number of nitro groups is 1. The Morgan fingerprint density at radius 3 is 2.70 bits per heavy atom. The highest BCUT2D eigenvalue weighted by atomic mass is 16.6. The molecule has 120 valence electrons. The minimum atomic E-state index is -0.580. The molecule has 8 heteroatoms. The first-order valence-corrected chi connectivity index (χ1v) is 6.74. The number of hydrogen-bond donors (Lipinski definition) is 1. The molecule has 1 N–H and O–H groups in total. The summed E-state index contributed by atoms with van der Waals surface area (Å²) in [4.78, 5) is 33.1. The first kappa shape index (κ1) is 16.2. The average Bonchev–Trinajstić information content (AvgIpc) is 2.80. The third-order valence-corrected chi connectivity index (χ3v) is 3.25. The van der Waals surface area contributed by atoms with Gasteiger partial charge in [0, 0.05) is 23.0 Å². The lowest BCUT2D eigenvalue weighted by molar-refractivity contribution is -0.385. The zero-order valence-corrected chi connectivity index (χ0v) is 12.6. The summed E-state index contributed by atoms with van der Waals surface area (Å²) in [6.45, 7) is 3.04. The van der Waals surface area contributed by atoms with E-state index in [1.807, 2.05) is 0 Å². The Morgan fingerprint density at radius 1 is 1.39 bits per heavy atom. The van der Waals surface area contributed by atoms with E-state index in [1.54, 1.807) is 26.0 Å². The van der Waals surface area contributed by atoms with Gasteiger partial charge in [-0.3, -0.25) is 29.8 Å². The van der Waals surface area contributed by atoms with Gasteiger partial charge in [-0.1, -0.05) is 12.1 Å². The molecular weight excluding hydrogens is 302 g/mol. The van der Waals surface area contributed by atoms with E-state index >= 15 is 0 Å². The molecule has 2 rings (SSSR count). The van der Waals surface area contributed by atoms with Crippen molar-refractivity contribution >= 4 is 17.9 Å². The van der Waals surface area contributed by atoms with Crippen LogP contribution in [0.2, 0.25) is 0 Å². The van der Waals surface area contributed by atoms with Crippen LogP contribution >= 0.6 is 0 Å². The number of nitro benzene ring substituents is 1. The van der Waals surface area contributed by atoms with Crippen molar-refractivity contribution in [1.82, 2.24) is 4.68 Å². The molecule has 1 amide bonds. The quantitative estimate of drug-likeness (QED) is 0.498. The number of aromatic nitrogens is 1. The highest BCUT2D eigenvalue weighted by molar-refractivity contribution is 5.86. The molecule has 0 aliphatic heterocycles. The number of carbonyl (C=O) groups is 2. The molecule has 1 heterocycles. The zero-order valence-electron chi connectivity index (χ0n) is 12.6. The SMILES string of the molecule is Cc1cc(C=O)c(C)n1NC(=O)COc1ccccc1[N+](=O)[O-]. The van der Waals surface area contributed by atoms with Crippen LogP contribution in [-0.4, -0.2) is 28.4 Å². The van der Waals surface area contributed by atoms with Crippen LogP contribution in [0.1, 0.15) is 21.7 Å². The van der Waals surface area contributed by atoms with E-state index in [0.29, 0.717) is 23.2 Å². The number of para-hydroxylation sites is 2. The number of hydrogen-bond acceptors (Lipinski definition) is 5. The van der Waals surface area contributed by atoms with Crippen molar-refractivity contribution in [3.63, 3.8) is 0 Å². The highest BCUT2D eigenvalue weighted by Gasteiger charge is 2.16. The van der Waals surface area contributed by atoms with Gasteiger partial charge in [0.1, 0.15) is 0 Å². The molecule has 0 radical (unpaired) electrons. The van der Waals surface area contributed by atoms with Gasteiger partial charge in [-0.2, -0.15) is 0 Å². The lowest BCUT2D eigenvalue weighted by Gasteiger charge is -2.12. The lowest BCUT2D eigenvalue weighted by atomic mass is 10.3. The molecule has 1 aromatic carbocycles. The Morgan fingerprint density at radius 2 is 2.09 bits per heavy atom. The summed E-state index contributed by atoms with van der Waals surface area (Å²) in [7, 11) is 0. The molecular formula is C15H15N3O5. The fourth-order valence-electron chi connectivity index (χ4n) is 2.11. The molecule has 0 fully saturated rings. The maximum Gasteiger partial charge on any atom is 0.310 e. The van der Waals surface area contributed by atoms with Crippen LogP contribution in [0.4, 0.5) is 5.69 Å².